The lowest BCUT2D eigenvalue weighted by molar-refractivity contribution is -0.122. The van der Waals surface area contributed by atoms with Gasteiger partial charge in [-0.1, -0.05) is 48.9 Å². The number of benzene rings is 2. The molecule has 0 radical (unpaired) electrons. The Morgan fingerprint density at radius 2 is 1.81 bits per heavy atom. The van der Waals surface area contributed by atoms with Gasteiger partial charge in [0.05, 0.1) is 12.6 Å². The van der Waals surface area contributed by atoms with Crippen molar-refractivity contribution in [2.75, 3.05) is 6.61 Å². The van der Waals surface area contributed by atoms with Crippen molar-refractivity contribution in [3.05, 3.63) is 82.0 Å². The van der Waals surface area contributed by atoms with Crippen molar-refractivity contribution in [2.24, 2.45) is 0 Å². The normalized spacial score (nSPS) is 14.4. The Balaban J connectivity index is 1.54. The molecule has 0 spiro atoms. The average molecular weight is 421 g/mol. The molecule has 31 heavy (non-hydrogen) atoms. The van der Waals surface area contributed by atoms with Crippen LogP contribution < -0.4 is 15.7 Å². The molecule has 3 aromatic rings. The number of aromatic nitrogens is 3. The van der Waals surface area contributed by atoms with Crippen molar-refractivity contribution in [2.45, 2.75) is 51.7 Å². The Morgan fingerprint density at radius 3 is 2.55 bits per heavy atom. The molecule has 7 nitrogen and oxygen atoms in total. The molecule has 162 valence electrons. The van der Waals surface area contributed by atoms with E-state index in [-0.39, 0.29) is 24.2 Å². The number of ether oxygens (including phenoxy) is 1. The predicted octanol–water partition coefficient (Wildman–Crippen LogP) is 3.08. The molecule has 1 atom stereocenters. The maximum Gasteiger partial charge on any atom is 0.346 e. The topological polar surface area (TPSA) is 78.2 Å². The van der Waals surface area contributed by atoms with E-state index in [2.05, 4.69) is 10.4 Å². The first-order chi connectivity index (χ1) is 15.2. The van der Waals surface area contributed by atoms with Crippen LogP contribution in [0.4, 0.5) is 0 Å². The maximum atomic E-state index is 12.9. The highest BCUT2D eigenvalue weighted by Gasteiger charge is 2.20. The van der Waals surface area contributed by atoms with Crippen molar-refractivity contribution < 1.29 is 9.53 Å². The fraction of sp³-hybridized carbons (Fsp3) is 0.375. The lowest BCUT2D eigenvalue weighted by Crippen LogP contribution is -2.36. The second-order valence-corrected chi connectivity index (χ2v) is 7.73. The SMILES string of the molecule is CCOc1ccc(C(NC(=O)Cn2nc3n(c2=O)CCCCC3)c2ccccc2)cc1. The fourth-order valence-corrected chi connectivity index (χ4v) is 4.00. The first-order valence-electron chi connectivity index (χ1n) is 10.9. The van der Waals surface area contributed by atoms with E-state index < -0.39 is 0 Å². The minimum Gasteiger partial charge on any atom is -0.494 e. The maximum absolute atomic E-state index is 12.9. The Bertz CT molecular complexity index is 1070. The quantitative estimate of drug-likeness (QED) is 0.637. The van der Waals surface area contributed by atoms with Gasteiger partial charge in [0.2, 0.25) is 5.91 Å². The van der Waals surface area contributed by atoms with Gasteiger partial charge in [0.15, 0.2) is 0 Å². The first kappa shape index (κ1) is 20.9. The molecule has 1 N–H and O–H groups in total. The minimum absolute atomic E-state index is 0.0980. The molecule has 1 aliphatic rings. The van der Waals surface area contributed by atoms with Gasteiger partial charge in [0.1, 0.15) is 18.1 Å². The number of nitrogens with one attached hydrogen (secondary N) is 1. The van der Waals surface area contributed by atoms with Crippen LogP contribution in [-0.2, 0) is 24.3 Å². The van der Waals surface area contributed by atoms with E-state index in [4.69, 9.17) is 4.74 Å². The third-order valence-electron chi connectivity index (χ3n) is 5.54. The molecule has 1 amide bonds. The summed E-state index contributed by atoms with van der Waals surface area (Å²) >= 11 is 0. The van der Waals surface area contributed by atoms with Gasteiger partial charge < -0.3 is 10.1 Å². The molecule has 1 aliphatic heterocycles. The summed E-state index contributed by atoms with van der Waals surface area (Å²) in [5.41, 5.74) is 1.70. The zero-order valence-corrected chi connectivity index (χ0v) is 17.8. The number of nitrogens with zero attached hydrogens (tertiary/aromatic N) is 3. The van der Waals surface area contributed by atoms with Gasteiger partial charge in [-0.3, -0.25) is 9.36 Å². The van der Waals surface area contributed by atoms with E-state index in [1.54, 1.807) is 4.57 Å². The van der Waals surface area contributed by atoms with E-state index in [9.17, 15) is 9.59 Å². The third kappa shape index (κ3) is 4.87. The van der Waals surface area contributed by atoms with E-state index in [1.165, 1.54) is 4.68 Å². The van der Waals surface area contributed by atoms with Crippen LogP contribution in [0.25, 0.3) is 0 Å². The van der Waals surface area contributed by atoms with Crippen LogP contribution in [0.15, 0.2) is 59.4 Å². The molecule has 7 heteroatoms. The van der Waals surface area contributed by atoms with E-state index in [1.807, 2.05) is 61.5 Å². The molecular weight excluding hydrogens is 392 g/mol. The molecule has 0 fully saturated rings. The number of fused-ring (bicyclic) bond motifs is 1. The van der Waals surface area contributed by atoms with Gasteiger partial charge in [-0.15, -0.1) is 0 Å². The van der Waals surface area contributed by atoms with Crippen LogP contribution in [0.5, 0.6) is 5.75 Å². The van der Waals surface area contributed by atoms with E-state index in [0.29, 0.717) is 13.2 Å². The Morgan fingerprint density at radius 1 is 1.06 bits per heavy atom. The van der Waals surface area contributed by atoms with Crippen LogP contribution in [0, 0.1) is 0 Å². The van der Waals surface area contributed by atoms with Gasteiger partial charge in [-0.2, -0.15) is 5.10 Å². The highest BCUT2D eigenvalue weighted by Crippen LogP contribution is 2.24. The number of carbonyl (C=O) groups is 1. The molecule has 2 heterocycles. The van der Waals surface area contributed by atoms with Crippen LogP contribution in [0.2, 0.25) is 0 Å². The Labute approximate surface area is 181 Å². The number of carbonyl (C=O) groups excluding carboxylic acids is 1. The van der Waals surface area contributed by atoms with Gasteiger partial charge in [-0.25, -0.2) is 9.48 Å². The van der Waals surface area contributed by atoms with Crippen molar-refractivity contribution in [3.63, 3.8) is 0 Å². The predicted molar refractivity (Wildman–Crippen MR) is 118 cm³/mol. The van der Waals surface area contributed by atoms with Crippen LogP contribution in [0.3, 0.4) is 0 Å². The van der Waals surface area contributed by atoms with Crippen LogP contribution in [-0.4, -0.2) is 26.9 Å². The molecule has 0 saturated heterocycles. The zero-order valence-electron chi connectivity index (χ0n) is 17.8. The first-order valence-corrected chi connectivity index (χ1v) is 10.9. The number of hydrogen-bond donors (Lipinski definition) is 1. The molecule has 0 bridgehead atoms. The summed E-state index contributed by atoms with van der Waals surface area (Å²) in [5, 5.41) is 7.51. The summed E-state index contributed by atoms with van der Waals surface area (Å²) < 4.78 is 8.53. The van der Waals surface area contributed by atoms with Gasteiger partial charge >= 0.3 is 5.69 Å². The van der Waals surface area contributed by atoms with Crippen LogP contribution in [0.1, 0.15) is 49.2 Å². The smallest absolute Gasteiger partial charge is 0.346 e. The number of rotatable bonds is 7. The van der Waals surface area contributed by atoms with Crippen molar-refractivity contribution >= 4 is 5.91 Å². The number of amides is 1. The molecule has 2 aromatic carbocycles. The summed E-state index contributed by atoms with van der Waals surface area (Å²) in [4.78, 5) is 25.6. The summed E-state index contributed by atoms with van der Waals surface area (Å²) in [6.45, 7) is 3.12. The molecule has 0 saturated carbocycles. The van der Waals surface area contributed by atoms with Crippen molar-refractivity contribution in [1.82, 2.24) is 19.7 Å². The van der Waals surface area contributed by atoms with Crippen molar-refractivity contribution in [3.8, 4) is 5.75 Å². The van der Waals surface area contributed by atoms with E-state index >= 15 is 0 Å². The second kappa shape index (κ2) is 9.64. The molecule has 1 unspecified atom stereocenters. The summed E-state index contributed by atoms with van der Waals surface area (Å²) in [5.74, 6) is 1.31. The standard InChI is InChI=1S/C24H28N4O3/c1-2-31-20-14-12-19(13-15-20)23(18-9-5-3-6-10-18)25-22(29)17-28-24(30)27-16-8-4-7-11-21(27)26-28/h3,5-6,9-10,12-15,23H,2,4,7-8,11,16-17H2,1H3,(H,25,29). The Hall–Kier alpha value is -3.35. The summed E-state index contributed by atoms with van der Waals surface area (Å²) in [6, 6.07) is 17.2. The molecule has 1 aromatic heterocycles. The lowest BCUT2D eigenvalue weighted by Gasteiger charge is -2.20. The average Bonchev–Trinajstić information content (AvgIpc) is 2.94. The second-order valence-electron chi connectivity index (χ2n) is 7.73. The molecular formula is C24H28N4O3. The largest absolute Gasteiger partial charge is 0.494 e. The zero-order chi connectivity index (χ0) is 21.6. The van der Waals surface area contributed by atoms with Crippen molar-refractivity contribution in [1.29, 1.82) is 0 Å². The van der Waals surface area contributed by atoms with Gasteiger partial charge in [-0.05, 0) is 43.0 Å². The molecule has 0 aliphatic carbocycles. The highest BCUT2D eigenvalue weighted by molar-refractivity contribution is 5.76. The van der Waals surface area contributed by atoms with Gasteiger partial charge in [0, 0.05) is 13.0 Å². The Kier molecular flexibility index (Phi) is 6.50. The van der Waals surface area contributed by atoms with Crippen LogP contribution >= 0.6 is 0 Å². The fourth-order valence-electron chi connectivity index (χ4n) is 4.00. The third-order valence-corrected chi connectivity index (χ3v) is 5.54. The summed E-state index contributed by atoms with van der Waals surface area (Å²) in [7, 11) is 0. The monoisotopic (exact) mass is 420 g/mol. The van der Waals surface area contributed by atoms with E-state index in [0.717, 1.165) is 48.4 Å². The number of hydrogen-bond acceptors (Lipinski definition) is 4. The minimum atomic E-state index is -0.333. The lowest BCUT2D eigenvalue weighted by atomic mass is 9.98. The van der Waals surface area contributed by atoms with Gasteiger partial charge in [0.25, 0.3) is 0 Å². The number of aryl methyl sites for hydroxylation is 1. The molecule has 4 rings (SSSR count). The summed E-state index contributed by atoms with van der Waals surface area (Å²) in [6.07, 6.45) is 3.88. The highest BCUT2D eigenvalue weighted by atomic mass is 16.5.